The van der Waals surface area contributed by atoms with Crippen molar-refractivity contribution in [1.82, 2.24) is 5.32 Å². The number of nitrogens with two attached hydrogens (primary N) is 1. The molecule has 1 aromatic rings. The summed E-state index contributed by atoms with van der Waals surface area (Å²) in [4.78, 5) is 21.5. The van der Waals surface area contributed by atoms with Gasteiger partial charge in [-0.05, 0) is 12.5 Å². The molecule has 0 aromatic carbocycles. The summed E-state index contributed by atoms with van der Waals surface area (Å²) in [7, 11) is 0. The number of nitrogens with one attached hydrogen (secondary N) is 1. The Morgan fingerprint density at radius 1 is 1.61 bits per heavy atom. The van der Waals surface area contributed by atoms with Crippen molar-refractivity contribution < 1.29 is 14.1 Å². The van der Waals surface area contributed by atoms with Crippen LogP contribution in [0.3, 0.4) is 0 Å². The number of unbranched alkanes of at least 4 members (excludes halogenated alkanes) is 1. The molecule has 1 atom stereocenters. The Balaban J connectivity index is 2.59. The maximum Gasteiger partial charge on any atom is 0.433 e. The molecule has 1 amide bonds. The largest absolute Gasteiger partial charge is 0.433 e. The summed E-state index contributed by atoms with van der Waals surface area (Å²) in [6.07, 6.45) is 2.75. The predicted molar refractivity (Wildman–Crippen MR) is 65.2 cm³/mol. The van der Waals surface area contributed by atoms with Gasteiger partial charge < -0.3 is 15.5 Å². The Labute approximate surface area is 104 Å². The van der Waals surface area contributed by atoms with E-state index in [1.165, 1.54) is 6.07 Å². The highest BCUT2D eigenvalue weighted by Gasteiger charge is 2.19. The van der Waals surface area contributed by atoms with Gasteiger partial charge >= 0.3 is 5.88 Å². The molecule has 18 heavy (non-hydrogen) atoms. The summed E-state index contributed by atoms with van der Waals surface area (Å²) in [6, 6.07) is 2.29. The van der Waals surface area contributed by atoms with E-state index in [1.807, 2.05) is 6.92 Å². The minimum atomic E-state index is -0.686. The van der Waals surface area contributed by atoms with Crippen molar-refractivity contribution in [3.05, 3.63) is 28.0 Å². The average Bonchev–Trinajstić information content (AvgIpc) is 2.83. The minimum Gasteiger partial charge on any atom is -0.395 e. The van der Waals surface area contributed by atoms with Crippen LogP contribution in [0, 0.1) is 10.1 Å². The molecular formula is C11H17N3O4. The van der Waals surface area contributed by atoms with Gasteiger partial charge in [-0.15, -0.1) is 0 Å². The minimum absolute atomic E-state index is 0.0725. The van der Waals surface area contributed by atoms with E-state index >= 15 is 0 Å². The van der Waals surface area contributed by atoms with Crippen LogP contribution in [-0.4, -0.2) is 23.4 Å². The molecule has 0 aliphatic heterocycles. The van der Waals surface area contributed by atoms with Crippen molar-refractivity contribution in [2.24, 2.45) is 5.73 Å². The molecule has 1 heterocycles. The summed E-state index contributed by atoms with van der Waals surface area (Å²) < 4.78 is 4.80. The lowest BCUT2D eigenvalue weighted by Crippen LogP contribution is -2.40. The first-order valence-corrected chi connectivity index (χ1v) is 5.83. The normalized spacial score (nSPS) is 12.1. The van der Waals surface area contributed by atoms with Crippen LogP contribution >= 0.6 is 0 Å². The standard InChI is InChI=1S/C11H17N3O4/c1-2-3-4-8(7-12)13-11(15)9-5-6-10(18-9)14(16)17/h5-6,8H,2-4,7,12H2,1H3,(H,13,15). The van der Waals surface area contributed by atoms with Crippen LogP contribution in [0.4, 0.5) is 5.88 Å². The van der Waals surface area contributed by atoms with Crippen LogP contribution in [0.15, 0.2) is 16.5 Å². The van der Waals surface area contributed by atoms with Crippen molar-refractivity contribution in [2.45, 2.75) is 32.2 Å². The molecule has 0 spiro atoms. The summed E-state index contributed by atoms with van der Waals surface area (Å²) in [5, 5.41) is 13.1. The summed E-state index contributed by atoms with van der Waals surface area (Å²) >= 11 is 0. The van der Waals surface area contributed by atoms with Gasteiger partial charge in [0.2, 0.25) is 0 Å². The van der Waals surface area contributed by atoms with E-state index in [1.54, 1.807) is 0 Å². The highest BCUT2D eigenvalue weighted by atomic mass is 16.6. The van der Waals surface area contributed by atoms with Gasteiger partial charge in [-0.1, -0.05) is 19.8 Å². The average molecular weight is 255 g/mol. The zero-order valence-electron chi connectivity index (χ0n) is 10.2. The van der Waals surface area contributed by atoms with Crippen LogP contribution in [-0.2, 0) is 0 Å². The molecule has 0 aliphatic carbocycles. The van der Waals surface area contributed by atoms with E-state index in [9.17, 15) is 14.9 Å². The third-order valence-corrected chi connectivity index (χ3v) is 2.52. The predicted octanol–water partition coefficient (Wildman–Crippen LogP) is 1.44. The fourth-order valence-electron chi connectivity index (χ4n) is 1.50. The topological polar surface area (TPSA) is 111 Å². The van der Waals surface area contributed by atoms with Gasteiger partial charge in [-0.3, -0.25) is 14.9 Å². The zero-order chi connectivity index (χ0) is 13.5. The Kier molecular flexibility index (Phi) is 5.31. The van der Waals surface area contributed by atoms with Crippen LogP contribution in [0.1, 0.15) is 36.7 Å². The van der Waals surface area contributed by atoms with Gasteiger partial charge in [0.1, 0.15) is 4.92 Å². The number of hydrogen-bond acceptors (Lipinski definition) is 5. The Bertz CT molecular complexity index is 416. The van der Waals surface area contributed by atoms with E-state index in [2.05, 4.69) is 5.32 Å². The molecule has 100 valence electrons. The molecule has 0 saturated carbocycles. The van der Waals surface area contributed by atoms with Crippen molar-refractivity contribution in [3.8, 4) is 0 Å². The summed E-state index contributed by atoms with van der Waals surface area (Å²) in [5.41, 5.74) is 5.54. The highest BCUT2D eigenvalue weighted by Crippen LogP contribution is 2.15. The van der Waals surface area contributed by atoms with Crippen LogP contribution in [0.2, 0.25) is 0 Å². The molecule has 0 aliphatic rings. The monoisotopic (exact) mass is 255 g/mol. The number of carbonyl (C=O) groups excluding carboxylic acids is 1. The van der Waals surface area contributed by atoms with E-state index in [4.69, 9.17) is 10.2 Å². The number of nitrogens with zero attached hydrogens (tertiary/aromatic N) is 1. The van der Waals surface area contributed by atoms with Crippen LogP contribution in [0.5, 0.6) is 0 Å². The number of rotatable bonds is 7. The molecule has 7 nitrogen and oxygen atoms in total. The Morgan fingerprint density at radius 3 is 2.83 bits per heavy atom. The second-order valence-electron chi connectivity index (χ2n) is 3.94. The molecular weight excluding hydrogens is 238 g/mol. The lowest BCUT2D eigenvalue weighted by atomic mass is 10.1. The first-order valence-electron chi connectivity index (χ1n) is 5.83. The third-order valence-electron chi connectivity index (χ3n) is 2.52. The fourth-order valence-corrected chi connectivity index (χ4v) is 1.50. The first-order chi connectivity index (χ1) is 8.58. The number of furan rings is 1. The molecule has 0 radical (unpaired) electrons. The molecule has 3 N–H and O–H groups in total. The van der Waals surface area contributed by atoms with E-state index in [-0.39, 0.29) is 11.8 Å². The van der Waals surface area contributed by atoms with Crippen molar-refractivity contribution in [1.29, 1.82) is 0 Å². The molecule has 0 saturated heterocycles. The van der Waals surface area contributed by atoms with Gasteiger partial charge in [0.05, 0.1) is 6.07 Å². The number of hydrogen-bond donors (Lipinski definition) is 2. The number of amides is 1. The van der Waals surface area contributed by atoms with Gasteiger partial charge in [0.25, 0.3) is 5.91 Å². The van der Waals surface area contributed by atoms with Gasteiger partial charge in [0, 0.05) is 12.6 Å². The zero-order valence-corrected chi connectivity index (χ0v) is 10.2. The highest BCUT2D eigenvalue weighted by molar-refractivity contribution is 5.91. The second-order valence-corrected chi connectivity index (χ2v) is 3.94. The van der Waals surface area contributed by atoms with Crippen molar-refractivity contribution in [3.63, 3.8) is 0 Å². The fraction of sp³-hybridized carbons (Fsp3) is 0.545. The quantitative estimate of drug-likeness (QED) is 0.565. The summed E-state index contributed by atoms with van der Waals surface area (Å²) in [6.45, 7) is 2.37. The van der Waals surface area contributed by atoms with E-state index < -0.39 is 16.7 Å². The number of carbonyl (C=O) groups is 1. The molecule has 0 bridgehead atoms. The third kappa shape index (κ3) is 3.85. The van der Waals surface area contributed by atoms with Crippen LogP contribution in [0.25, 0.3) is 0 Å². The Hall–Kier alpha value is -1.89. The second kappa shape index (κ2) is 6.75. The molecule has 1 aromatic heterocycles. The van der Waals surface area contributed by atoms with Crippen LogP contribution < -0.4 is 11.1 Å². The maximum atomic E-state index is 11.7. The van der Waals surface area contributed by atoms with Gasteiger partial charge in [0.15, 0.2) is 5.76 Å². The maximum absolute atomic E-state index is 11.7. The lowest BCUT2D eigenvalue weighted by Gasteiger charge is -2.15. The lowest BCUT2D eigenvalue weighted by molar-refractivity contribution is -0.402. The van der Waals surface area contributed by atoms with Crippen molar-refractivity contribution in [2.75, 3.05) is 6.54 Å². The molecule has 1 rings (SSSR count). The van der Waals surface area contributed by atoms with Gasteiger partial charge in [-0.2, -0.15) is 0 Å². The van der Waals surface area contributed by atoms with Crippen molar-refractivity contribution >= 4 is 11.8 Å². The number of nitro groups is 1. The summed E-state index contributed by atoms with van der Waals surface area (Å²) in [5.74, 6) is -0.996. The van der Waals surface area contributed by atoms with E-state index in [0.29, 0.717) is 6.54 Å². The molecule has 1 unspecified atom stereocenters. The van der Waals surface area contributed by atoms with E-state index in [0.717, 1.165) is 25.3 Å². The molecule has 7 heteroatoms. The SMILES string of the molecule is CCCCC(CN)NC(=O)c1ccc([N+](=O)[O-])o1. The van der Waals surface area contributed by atoms with Gasteiger partial charge in [-0.25, -0.2) is 0 Å². The molecule has 0 fully saturated rings. The Morgan fingerprint density at radius 2 is 2.33 bits per heavy atom. The smallest absolute Gasteiger partial charge is 0.395 e. The first kappa shape index (κ1) is 14.2.